The number of likely N-dealkylation sites (tertiary alicyclic amines) is 1. The number of hydrogen-bond acceptors (Lipinski definition) is 15. The van der Waals surface area contributed by atoms with Crippen LogP contribution in [-0.2, 0) is 34.3 Å². The number of pyridine rings is 2. The normalized spacial score (nSPS) is 16.8. The Morgan fingerprint density at radius 2 is 0.941 bits per heavy atom. The van der Waals surface area contributed by atoms with Crippen molar-refractivity contribution >= 4 is 46.3 Å². The standard InChI is InChI=1S/C26H30F6N6O3.C14H18F3N3O2.C12H14F3N3O2.ClH.Li/c27-25(28,29)18-3-6-23(33-17-18)36-14-12-35(13-15-36)9-1-2-24(39)37-10-7-19(8-11-37)34-20-4-5-22(38(40)41)21(16-20)26(30,31)32;15-14(16,17)11-3-4-12(18-10-11)20-8-6-19(7-9-20)5-1-2-13(21)22;13-12(14,15)10-7-9(1-2-11(10)18(19)20)17-8-3-5-16-6-4-8;;/h3-6,16-17,19,34H,1-2,7-15H2;3-4,10H,1-2,5-9H2,(H,21,22);1-2,7-8,16-17H,3-6H2;1H;/q;;;;+1/p-1. The molecular formula is C52H62ClF12LiN12O7. The summed E-state index contributed by atoms with van der Waals surface area (Å²) in [7, 11) is 0. The molecule has 0 bridgehead atoms. The van der Waals surface area contributed by atoms with Crippen molar-refractivity contribution in [1.29, 1.82) is 0 Å². The van der Waals surface area contributed by atoms with Crippen LogP contribution >= 0.6 is 0 Å². The van der Waals surface area contributed by atoms with E-state index in [0.717, 1.165) is 87.8 Å². The molecule has 4 fully saturated rings. The number of benzene rings is 2. The predicted molar refractivity (Wildman–Crippen MR) is 277 cm³/mol. The van der Waals surface area contributed by atoms with Crippen LogP contribution in [0.1, 0.15) is 73.6 Å². The van der Waals surface area contributed by atoms with Crippen molar-refractivity contribution in [2.24, 2.45) is 0 Å². The Labute approximate surface area is 498 Å². The topological polar surface area (TPSA) is 226 Å². The number of nitro groups is 2. The number of nitrogens with zero attached hydrogens (tertiary/aromatic N) is 9. The zero-order valence-corrected chi connectivity index (χ0v) is 46.8. The van der Waals surface area contributed by atoms with Crippen LogP contribution in [0, 0.1) is 20.2 Å². The summed E-state index contributed by atoms with van der Waals surface area (Å²) >= 11 is 0. The number of hydrogen-bond donors (Lipinski definition) is 3. The number of amides is 1. The smallest absolute Gasteiger partial charge is 1.00 e. The monoisotopic (exact) mass is 1240 g/mol. The van der Waals surface area contributed by atoms with Gasteiger partial charge in [-0.15, -0.1) is 0 Å². The maximum absolute atomic E-state index is 13.2. The van der Waals surface area contributed by atoms with E-state index in [1.165, 1.54) is 24.3 Å². The number of anilines is 4. The van der Waals surface area contributed by atoms with Crippen molar-refractivity contribution in [1.82, 2.24) is 24.7 Å². The van der Waals surface area contributed by atoms with Gasteiger partial charge in [0, 0.05) is 139 Å². The van der Waals surface area contributed by atoms with Crippen molar-refractivity contribution < 1.29 is 114 Å². The number of aliphatic carboxylic acids is 1. The summed E-state index contributed by atoms with van der Waals surface area (Å²) in [5.41, 5.74) is -5.56. The van der Waals surface area contributed by atoms with Gasteiger partial charge < -0.3 is 53.0 Å². The molecule has 8 rings (SSSR count). The molecule has 0 spiro atoms. The molecule has 0 aliphatic carbocycles. The first-order chi connectivity index (χ1) is 39.0. The Bertz CT molecular complexity index is 2780. The molecule has 4 aromatic rings. The van der Waals surface area contributed by atoms with E-state index in [1.807, 2.05) is 9.80 Å². The largest absolute Gasteiger partial charge is 1.00 e. The summed E-state index contributed by atoms with van der Waals surface area (Å²) in [6, 6.07) is 10.7. The number of aromatic nitrogens is 2. The fraction of sp³-hybridized carbons (Fsp3) is 0.538. The summed E-state index contributed by atoms with van der Waals surface area (Å²) in [5, 5.41) is 40.1. The summed E-state index contributed by atoms with van der Waals surface area (Å²) < 4.78 is 154. The van der Waals surface area contributed by atoms with E-state index in [4.69, 9.17) is 0 Å². The third-order valence-electron chi connectivity index (χ3n) is 14.3. The maximum Gasteiger partial charge on any atom is 1.00 e. The van der Waals surface area contributed by atoms with Crippen LogP contribution in [0.2, 0.25) is 0 Å². The number of carboxylic acid groups (broad SMARTS) is 1. The zero-order chi connectivity index (χ0) is 60.7. The number of piperidine rings is 2. The Morgan fingerprint density at radius 1 is 0.553 bits per heavy atom. The molecule has 0 unspecified atom stereocenters. The van der Waals surface area contributed by atoms with E-state index in [0.29, 0.717) is 109 Å². The van der Waals surface area contributed by atoms with E-state index in [1.54, 1.807) is 4.90 Å². The Balaban J connectivity index is 0.000000297. The summed E-state index contributed by atoms with van der Waals surface area (Å²) in [4.78, 5) is 60.3. The average molecular weight is 1240 g/mol. The first-order valence-corrected chi connectivity index (χ1v) is 26.6. The molecule has 0 atom stereocenters. The molecule has 2 aromatic carbocycles. The van der Waals surface area contributed by atoms with E-state index >= 15 is 0 Å². The number of carboxylic acids is 1. The molecule has 6 heterocycles. The second-order valence-electron chi connectivity index (χ2n) is 20.1. The van der Waals surface area contributed by atoms with Crippen molar-refractivity contribution in [3.05, 3.63) is 116 Å². The van der Waals surface area contributed by atoms with Gasteiger partial charge in [0.1, 0.15) is 22.8 Å². The van der Waals surface area contributed by atoms with Crippen molar-refractivity contribution in [3.63, 3.8) is 0 Å². The molecule has 33 heteroatoms. The number of nitrogens with two attached hydrogens (primary N) is 1. The fourth-order valence-corrected chi connectivity index (χ4v) is 9.78. The Morgan fingerprint density at radius 3 is 1.28 bits per heavy atom. The second kappa shape index (κ2) is 31.8. The molecule has 2 aromatic heterocycles. The van der Waals surface area contributed by atoms with Crippen LogP contribution in [0.25, 0.3) is 0 Å². The molecule has 4 aliphatic heterocycles. The van der Waals surface area contributed by atoms with Gasteiger partial charge in [-0.1, -0.05) is 0 Å². The number of nitrogens with one attached hydrogen (secondary N) is 2. The van der Waals surface area contributed by atoms with Crippen molar-refractivity contribution in [2.45, 2.75) is 88.2 Å². The van der Waals surface area contributed by atoms with E-state index in [-0.39, 0.29) is 67.1 Å². The van der Waals surface area contributed by atoms with Gasteiger partial charge in [0.2, 0.25) is 5.91 Å². The van der Waals surface area contributed by atoms with Gasteiger partial charge in [0.25, 0.3) is 11.4 Å². The van der Waals surface area contributed by atoms with Crippen LogP contribution in [0.4, 0.5) is 87.1 Å². The third kappa shape index (κ3) is 22.1. The number of alkyl halides is 12. The maximum atomic E-state index is 13.2. The second-order valence-corrected chi connectivity index (χ2v) is 20.1. The van der Waals surface area contributed by atoms with Gasteiger partial charge in [-0.05, 0) is 93.7 Å². The number of quaternary nitrogens is 1. The van der Waals surface area contributed by atoms with E-state index in [9.17, 15) is 87.6 Å². The number of carbonyl (C=O) groups excluding carboxylic acids is 2. The number of nitro benzene ring substituents is 2. The van der Waals surface area contributed by atoms with Gasteiger partial charge in [0.05, 0.1) is 34.1 Å². The molecule has 1 amide bonds. The first-order valence-electron chi connectivity index (χ1n) is 26.6. The fourth-order valence-electron chi connectivity index (χ4n) is 9.78. The van der Waals surface area contributed by atoms with Crippen LogP contribution in [0.15, 0.2) is 73.1 Å². The molecular weight excluding hydrogens is 1180 g/mol. The van der Waals surface area contributed by atoms with E-state index in [2.05, 4.69) is 35.7 Å². The van der Waals surface area contributed by atoms with Crippen molar-refractivity contribution in [3.8, 4) is 0 Å². The Hall–Kier alpha value is -6.39. The first kappa shape index (κ1) is 71.1. The van der Waals surface area contributed by atoms with Crippen LogP contribution in [0.5, 0.6) is 0 Å². The van der Waals surface area contributed by atoms with Crippen LogP contribution < -0.4 is 62.1 Å². The predicted octanol–water partition coefficient (Wildman–Crippen LogP) is 1.54. The SMILES string of the molecule is O=C(CCCN1CCN(c2ccc(C(F)(F)F)cn2)CC1)N1CCC(Nc2ccc([N+](=O)[O-])c(C(F)(F)F)c2)CC1.O=C([O-])CCCN1CCN(c2ccc(C(F)(F)F)cn2)CC1.O=[N+]([O-])c1ccc(NC2CC[NH2+]CC2)cc1C(F)(F)F.[Cl-].[Li+]. The van der Waals surface area contributed by atoms with Gasteiger partial charge in [-0.25, -0.2) is 9.97 Å². The molecule has 4 saturated heterocycles. The summed E-state index contributed by atoms with van der Waals surface area (Å²) in [5.74, 6) is -0.0131. The minimum absolute atomic E-state index is 0. The van der Waals surface area contributed by atoms with E-state index < -0.39 is 74.1 Å². The molecule has 4 N–H and O–H groups in total. The quantitative estimate of drug-likeness (QED) is 0.0627. The molecule has 0 saturated carbocycles. The molecule has 464 valence electrons. The molecule has 85 heavy (non-hydrogen) atoms. The molecule has 19 nitrogen and oxygen atoms in total. The van der Waals surface area contributed by atoms with Crippen molar-refractivity contribution in [2.75, 3.05) is 112 Å². The summed E-state index contributed by atoms with van der Waals surface area (Å²) in [6.07, 6.45) is -12.3. The minimum Gasteiger partial charge on any atom is -1.00 e. The number of carbonyl (C=O) groups is 2. The van der Waals surface area contributed by atoms with Gasteiger partial charge in [-0.2, -0.15) is 52.7 Å². The van der Waals surface area contributed by atoms with Gasteiger partial charge in [-0.3, -0.25) is 34.8 Å². The number of piperazine rings is 2. The number of rotatable bonds is 16. The van der Waals surface area contributed by atoms with Gasteiger partial charge in [0.15, 0.2) is 0 Å². The number of halogens is 13. The third-order valence-corrected chi connectivity index (χ3v) is 14.3. The molecule has 4 aliphatic rings. The summed E-state index contributed by atoms with van der Waals surface area (Å²) in [6.45, 7) is 9.56. The minimum atomic E-state index is -4.85. The van der Waals surface area contributed by atoms with Crippen LogP contribution in [-0.4, -0.2) is 150 Å². The molecule has 0 radical (unpaired) electrons. The average Bonchev–Trinajstić information content (AvgIpc) is 3.20. The zero-order valence-electron chi connectivity index (χ0n) is 46.0. The Kier molecular flexibility index (Phi) is 26.6. The van der Waals surface area contributed by atoms with Gasteiger partial charge >= 0.3 is 43.6 Å². The van der Waals surface area contributed by atoms with Crippen LogP contribution in [0.3, 0.4) is 0 Å².